The van der Waals surface area contributed by atoms with Crippen LogP contribution in [0.15, 0.2) is 4.99 Å². The third-order valence-electron chi connectivity index (χ3n) is 0.697. The Hall–Kier alpha value is 1.51. The zero-order chi connectivity index (χ0) is 11.7. The van der Waals surface area contributed by atoms with E-state index >= 15 is 0 Å². The molecule has 0 aliphatic heterocycles. The Morgan fingerprint density at radius 2 is 1.36 bits per heavy atom. The van der Waals surface area contributed by atoms with E-state index in [-0.39, 0.29) is 7.43 Å². The Morgan fingerprint density at radius 1 is 1.14 bits per heavy atom. The van der Waals surface area contributed by atoms with Gasteiger partial charge in [0.15, 0.2) is 0 Å². The predicted molar refractivity (Wildman–Crippen MR) is 85.6 cm³/mol. The van der Waals surface area contributed by atoms with Gasteiger partial charge in [-0.3, -0.25) is 4.99 Å². The second-order valence-corrected chi connectivity index (χ2v) is 12.9. The fraction of sp³-hybridized carbons (Fsp3) is 0.889. The molecule has 0 aliphatic rings. The van der Waals surface area contributed by atoms with Gasteiger partial charge in [-0.1, -0.05) is 35.1 Å². The standard InChI is InChI=1S/C4H10N2.2C2H6.CH4.2HI.V/c1-4(5-2)6-3;2*1-2;;;;/h1-3H3,(H,5,6);2*1-2H3;1H4;2*1H;/q;;;;;;+2/p-2. The van der Waals surface area contributed by atoms with Crippen LogP contribution in [0.3, 0.4) is 0 Å². The second-order valence-electron chi connectivity index (χ2n) is 1.12. The van der Waals surface area contributed by atoms with Crippen molar-refractivity contribution < 1.29 is 9.47 Å². The van der Waals surface area contributed by atoms with Crippen LogP contribution in [0.2, 0.25) is 0 Å². The molecule has 0 radical (unpaired) electrons. The zero-order valence-electron chi connectivity index (χ0n) is 9.65. The molecule has 0 aromatic carbocycles. The average molecular weight is 467 g/mol. The molecule has 0 amide bonds. The number of amidine groups is 1. The molecule has 91 valence electrons. The molecule has 0 saturated heterocycles. The topological polar surface area (TPSA) is 24.4 Å². The molecule has 1 N–H and O–H groups in total. The van der Waals surface area contributed by atoms with Crippen LogP contribution >= 0.6 is 40.0 Å². The first-order valence-corrected chi connectivity index (χ1v) is 13.3. The van der Waals surface area contributed by atoms with Crippen molar-refractivity contribution >= 4 is 45.8 Å². The van der Waals surface area contributed by atoms with Gasteiger partial charge in [-0.2, -0.15) is 0 Å². The van der Waals surface area contributed by atoms with Gasteiger partial charge < -0.3 is 5.32 Å². The summed E-state index contributed by atoms with van der Waals surface area (Å²) < 4.78 is 0. The molecular formula is C9H26I2N2V. The van der Waals surface area contributed by atoms with E-state index < -0.39 is 0 Å². The van der Waals surface area contributed by atoms with E-state index in [9.17, 15) is 0 Å². The van der Waals surface area contributed by atoms with Gasteiger partial charge in [0.1, 0.15) is 0 Å². The van der Waals surface area contributed by atoms with Gasteiger partial charge in [0, 0.05) is 14.1 Å². The van der Waals surface area contributed by atoms with Crippen molar-refractivity contribution in [1.29, 1.82) is 0 Å². The maximum absolute atomic E-state index is 3.81. The minimum atomic E-state index is 0. The predicted octanol–water partition coefficient (Wildman–Crippen LogP) is 4.71. The fourth-order valence-electron chi connectivity index (χ4n) is 0.112. The van der Waals surface area contributed by atoms with Crippen LogP contribution in [0.5, 0.6) is 0 Å². The number of nitrogens with zero attached hydrogens (tertiary/aromatic N) is 1. The van der Waals surface area contributed by atoms with E-state index in [2.05, 4.69) is 50.3 Å². The molecule has 0 unspecified atom stereocenters. The van der Waals surface area contributed by atoms with Gasteiger partial charge in [0.2, 0.25) is 0 Å². The summed E-state index contributed by atoms with van der Waals surface area (Å²) in [7, 11) is 4.23. The number of hydrogen-bond acceptors (Lipinski definition) is 1. The van der Waals surface area contributed by atoms with Crippen LogP contribution in [0, 0.1) is 0 Å². The van der Waals surface area contributed by atoms with Crippen LogP contribution in [0.1, 0.15) is 42.0 Å². The molecule has 0 heterocycles. The summed E-state index contributed by atoms with van der Waals surface area (Å²) in [6, 6.07) is 0. The number of nitrogens with one attached hydrogen (secondary N) is 1. The third kappa shape index (κ3) is 69.6. The Balaban J connectivity index is -0.0000000292. The molecular weight excluding hydrogens is 441 g/mol. The quantitative estimate of drug-likeness (QED) is 0.312. The molecule has 0 bridgehead atoms. The molecule has 0 aromatic rings. The van der Waals surface area contributed by atoms with E-state index in [1.807, 2.05) is 41.7 Å². The third-order valence-corrected chi connectivity index (χ3v) is 0.697. The Kier molecular flexibility index (Phi) is 99.1. The Labute approximate surface area is 120 Å². The molecule has 0 spiro atoms. The van der Waals surface area contributed by atoms with Gasteiger partial charge in [-0.05, 0) is 6.92 Å². The van der Waals surface area contributed by atoms with Gasteiger partial charge in [0.25, 0.3) is 0 Å². The first-order chi connectivity index (χ1) is 6.22. The molecule has 0 aromatic heterocycles. The monoisotopic (exact) mass is 467 g/mol. The summed E-state index contributed by atoms with van der Waals surface area (Å²) in [5.41, 5.74) is 0. The van der Waals surface area contributed by atoms with Crippen LogP contribution in [-0.2, 0) is 9.47 Å². The van der Waals surface area contributed by atoms with Gasteiger partial charge >= 0.3 is 49.4 Å². The van der Waals surface area contributed by atoms with Crippen molar-refractivity contribution in [3.63, 3.8) is 0 Å². The van der Waals surface area contributed by atoms with E-state index in [1.54, 1.807) is 7.05 Å². The van der Waals surface area contributed by atoms with E-state index in [0.29, 0.717) is 9.47 Å². The Morgan fingerprint density at radius 3 is 1.36 bits per heavy atom. The van der Waals surface area contributed by atoms with Crippen LogP contribution < -0.4 is 5.32 Å². The summed E-state index contributed by atoms with van der Waals surface area (Å²) in [4.78, 5) is 3.81. The molecule has 0 saturated carbocycles. The molecule has 0 atom stereocenters. The van der Waals surface area contributed by atoms with Crippen molar-refractivity contribution in [2.24, 2.45) is 4.99 Å². The SMILES string of the molecule is C.CC.CC.CN=C(C)NC.[I][V][I]. The zero-order valence-corrected chi connectivity index (χ0v) is 15.4. The van der Waals surface area contributed by atoms with E-state index in [4.69, 9.17) is 0 Å². The van der Waals surface area contributed by atoms with Gasteiger partial charge in [-0.25, -0.2) is 0 Å². The van der Waals surface area contributed by atoms with Crippen molar-refractivity contribution in [2.75, 3.05) is 14.1 Å². The summed E-state index contributed by atoms with van der Waals surface area (Å²) in [5, 5.41) is 2.86. The molecule has 0 rings (SSSR count). The molecule has 0 fully saturated rings. The number of hydrogen-bond donors (Lipinski definition) is 1. The minimum absolute atomic E-state index is 0. The molecule has 14 heavy (non-hydrogen) atoms. The molecule has 5 heteroatoms. The maximum atomic E-state index is 3.81. The number of halogens is 2. The van der Waals surface area contributed by atoms with Crippen molar-refractivity contribution in [2.45, 2.75) is 42.0 Å². The normalized spacial score (nSPS) is 6.79. The molecule has 0 aliphatic carbocycles. The first-order valence-electron chi connectivity index (χ1n) is 4.26. The summed E-state index contributed by atoms with van der Waals surface area (Å²) in [5.74, 6) is 0.968. The van der Waals surface area contributed by atoms with Crippen LogP contribution in [0.25, 0.3) is 0 Å². The second kappa shape index (κ2) is 46.9. The van der Waals surface area contributed by atoms with Crippen molar-refractivity contribution in [3.05, 3.63) is 0 Å². The van der Waals surface area contributed by atoms with E-state index in [0.717, 1.165) is 5.84 Å². The number of aliphatic imine (C=N–C) groups is 1. The molecule has 2 nitrogen and oxygen atoms in total. The van der Waals surface area contributed by atoms with Gasteiger partial charge in [-0.15, -0.1) is 0 Å². The Bertz CT molecular complexity index is 81.2. The average Bonchev–Trinajstić information content (AvgIpc) is 2.24. The van der Waals surface area contributed by atoms with Crippen molar-refractivity contribution in [1.82, 2.24) is 5.32 Å². The fourth-order valence-corrected chi connectivity index (χ4v) is 0.112. The number of rotatable bonds is 0. The van der Waals surface area contributed by atoms with Gasteiger partial charge in [0.05, 0.1) is 5.84 Å². The summed E-state index contributed by atoms with van der Waals surface area (Å²) in [6.07, 6.45) is 0. The van der Waals surface area contributed by atoms with Crippen LogP contribution in [-0.4, -0.2) is 19.9 Å². The van der Waals surface area contributed by atoms with E-state index in [1.165, 1.54) is 0 Å². The summed E-state index contributed by atoms with van der Waals surface area (Å²) in [6.45, 7) is 9.92. The van der Waals surface area contributed by atoms with Crippen LogP contribution in [0.4, 0.5) is 0 Å². The summed E-state index contributed by atoms with van der Waals surface area (Å²) >= 11 is 4.74. The first kappa shape index (κ1) is 29.6. The van der Waals surface area contributed by atoms with Crippen molar-refractivity contribution in [3.8, 4) is 0 Å².